The molecule has 114 valence electrons. The van der Waals surface area contributed by atoms with E-state index in [9.17, 15) is 22.7 Å². The molecule has 21 heavy (non-hydrogen) atoms. The molecule has 2 fully saturated rings. The van der Waals surface area contributed by atoms with Crippen LogP contribution in [0.3, 0.4) is 0 Å². The Morgan fingerprint density at radius 3 is 2.57 bits per heavy atom. The molecule has 1 aromatic carbocycles. The zero-order valence-corrected chi connectivity index (χ0v) is 11.8. The van der Waals surface area contributed by atoms with E-state index < -0.39 is 33.9 Å². The highest BCUT2D eigenvalue weighted by Gasteiger charge is 2.53. The molecule has 1 aromatic rings. The Balaban J connectivity index is 2.02. The third kappa shape index (κ3) is 2.33. The molecule has 6 nitrogen and oxygen atoms in total. The molecule has 0 bridgehead atoms. The largest absolute Gasteiger partial charge is 0.480 e. The number of carbonyl (C=O) groups is 1. The Morgan fingerprint density at radius 1 is 1.29 bits per heavy atom. The first kappa shape index (κ1) is 14.4. The Bertz CT molecular complexity index is 660. The number of fused-ring (bicyclic) bond motifs is 1. The van der Waals surface area contributed by atoms with Gasteiger partial charge in [-0.05, 0) is 30.7 Å². The number of hydrogen-bond acceptors (Lipinski definition) is 4. The lowest BCUT2D eigenvalue weighted by molar-refractivity contribution is -0.141. The van der Waals surface area contributed by atoms with Gasteiger partial charge in [0.1, 0.15) is 11.9 Å². The minimum Gasteiger partial charge on any atom is -0.480 e. The third-order valence-corrected chi connectivity index (χ3v) is 5.95. The Hall–Kier alpha value is -1.51. The van der Waals surface area contributed by atoms with Crippen LogP contribution < -0.4 is 0 Å². The maximum atomic E-state index is 12.9. The first-order valence-electron chi connectivity index (χ1n) is 6.51. The average molecular weight is 315 g/mol. The molecule has 3 atom stereocenters. The standard InChI is InChI=1S/C13H14FNO5S/c14-9-1-3-10(4-2-9)21(18,19)15-11(13(16)17)5-8-6-20-7-12(8)15/h1-4,8,11-12H,5-7H2,(H,16,17)/t8-,11-,12-/m0/s1. The van der Waals surface area contributed by atoms with Crippen molar-refractivity contribution in [1.29, 1.82) is 0 Å². The van der Waals surface area contributed by atoms with E-state index in [1.807, 2.05) is 0 Å². The second kappa shape index (κ2) is 5.04. The van der Waals surface area contributed by atoms with Crippen LogP contribution in [0.5, 0.6) is 0 Å². The summed E-state index contributed by atoms with van der Waals surface area (Å²) in [5, 5.41) is 9.29. The number of nitrogens with zero attached hydrogens (tertiary/aromatic N) is 1. The van der Waals surface area contributed by atoms with Gasteiger partial charge in [0.15, 0.2) is 0 Å². The normalized spacial score (nSPS) is 29.5. The molecule has 0 aromatic heterocycles. The van der Waals surface area contributed by atoms with Crippen molar-refractivity contribution in [2.45, 2.75) is 23.4 Å². The van der Waals surface area contributed by atoms with E-state index in [-0.39, 0.29) is 23.8 Å². The fourth-order valence-electron chi connectivity index (χ4n) is 3.00. The molecule has 0 spiro atoms. The number of sulfonamides is 1. The number of rotatable bonds is 3. The van der Waals surface area contributed by atoms with Crippen molar-refractivity contribution in [1.82, 2.24) is 4.31 Å². The number of benzene rings is 1. The highest BCUT2D eigenvalue weighted by molar-refractivity contribution is 7.89. The molecule has 2 aliphatic heterocycles. The van der Waals surface area contributed by atoms with E-state index in [2.05, 4.69) is 0 Å². The molecule has 3 rings (SSSR count). The quantitative estimate of drug-likeness (QED) is 0.887. The van der Waals surface area contributed by atoms with E-state index in [1.165, 1.54) is 0 Å². The van der Waals surface area contributed by atoms with Crippen LogP contribution in [-0.2, 0) is 19.6 Å². The van der Waals surface area contributed by atoms with Crippen LogP contribution in [-0.4, -0.2) is 49.1 Å². The molecule has 2 aliphatic rings. The Morgan fingerprint density at radius 2 is 1.95 bits per heavy atom. The van der Waals surface area contributed by atoms with Gasteiger partial charge < -0.3 is 9.84 Å². The molecule has 0 amide bonds. The van der Waals surface area contributed by atoms with E-state index >= 15 is 0 Å². The molecule has 8 heteroatoms. The molecule has 0 saturated carbocycles. The maximum Gasteiger partial charge on any atom is 0.322 e. The summed E-state index contributed by atoms with van der Waals surface area (Å²) in [6.07, 6.45) is 0.237. The van der Waals surface area contributed by atoms with Crippen LogP contribution in [0.15, 0.2) is 29.2 Å². The van der Waals surface area contributed by atoms with Crippen LogP contribution in [0, 0.1) is 11.7 Å². The van der Waals surface area contributed by atoms with Gasteiger partial charge in [-0.25, -0.2) is 12.8 Å². The van der Waals surface area contributed by atoms with Crippen molar-refractivity contribution in [3.05, 3.63) is 30.1 Å². The van der Waals surface area contributed by atoms with Gasteiger partial charge in [0.05, 0.1) is 24.2 Å². The number of hydrogen-bond donors (Lipinski definition) is 1. The summed E-state index contributed by atoms with van der Waals surface area (Å²) in [5.74, 6) is -1.83. The topological polar surface area (TPSA) is 83.9 Å². The summed E-state index contributed by atoms with van der Waals surface area (Å²) in [6.45, 7) is 0.554. The fourth-order valence-corrected chi connectivity index (χ4v) is 4.82. The van der Waals surface area contributed by atoms with E-state index in [1.54, 1.807) is 0 Å². The highest BCUT2D eigenvalue weighted by atomic mass is 32.2. The van der Waals surface area contributed by atoms with Gasteiger partial charge in [0.25, 0.3) is 0 Å². The lowest BCUT2D eigenvalue weighted by Gasteiger charge is -2.26. The number of carboxylic acids is 1. The zero-order valence-electron chi connectivity index (χ0n) is 11.0. The van der Waals surface area contributed by atoms with Crippen molar-refractivity contribution < 1.29 is 27.4 Å². The summed E-state index contributed by atoms with van der Waals surface area (Å²) >= 11 is 0. The van der Waals surface area contributed by atoms with Crippen LogP contribution >= 0.6 is 0 Å². The van der Waals surface area contributed by atoms with E-state index in [4.69, 9.17) is 4.74 Å². The van der Waals surface area contributed by atoms with Crippen molar-refractivity contribution in [3.8, 4) is 0 Å². The van der Waals surface area contributed by atoms with Crippen LogP contribution in [0.1, 0.15) is 6.42 Å². The molecule has 0 unspecified atom stereocenters. The first-order chi connectivity index (χ1) is 9.91. The maximum absolute atomic E-state index is 12.9. The summed E-state index contributed by atoms with van der Waals surface area (Å²) in [6, 6.07) is 2.81. The molecular formula is C13H14FNO5S. The summed E-state index contributed by atoms with van der Waals surface area (Å²) in [5.41, 5.74) is 0. The van der Waals surface area contributed by atoms with Crippen molar-refractivity contribution in [3.63, 3.8) is 0 Å². The second-order valence-corrected chi connectivity index (χ2v) is 7.09. The smallest absolute Gasteiger partial charge is 0.322 e. The van der Waals surface area contributed by atoms with Gasteiger partial charge in [-0.3, -0.25) is 4.79 Å². The molecule has 0 radical (unpaired) electrons. The minimum absolute atomic E-state index is 0.109. The van der Waals surface area contributed by atoms with Crippen molar-refractivity contribution >= 4 is 16.0 Å². The molecular weight excluding hydrogens is 301 g/mol. The monoisotopic (exact) mass is 315 g/mol. The summed E-state index contributed by atoms with van der Waals surface area (Å²) < 4.78 is 44.6. The predicted molar refractivity (Wildman–Crippen MR) is 69.6 cm³/mol. The number of ether oxygens (including phenoxy) is 1. The van der Waals surface area contributed by atoms with Gasteiger partial charge in [0.2, 0.25) is 10.0 Å². The third-order valence-electron chi connectivity index (χ3n) is 4.00. The fraction of sp³-hybridized carbons (Fsp3) is 0.462. The van der Waals surface area contributed by atoms with Gasteiger partial charge in [-0.15, -0.1) is 0 Å². The summed E-state index contributed by atoms with van der Waals surface area (Å²) in [4.78, 5) is 11.3. The number of halogens is 1. The molecule has 0 aliphatic carbocycles. The highest BCUT2D eigenvalue weighted by Crippen LogP contribution is 2.38. The molecule has 1 N–H and O–H groups in total. The SMILES string of the molecule is O=C(O)[C@@H]1C[C@H]2COC[C@@H]2N1S(=O)(=O)c1ccc(F)cc1. The van der Waals surface area contributed by atoms with Crippen molar-refractivity contribution in [2.24, 2.45) is 5.92 Å². The molecule has 2 heterocycles. The first-order valence-corrected chi connectivity index (χ1v) is 7.95. The van der Waals surface area contributed by atoms with E-state index in [0.29, 0.717) is 6.61 Å². The summed E-state index contributed by atoms with van der Waals surface area (Å²) in [7, 11) is -4.00. The lowest BCUT2D eigenvalue weighted by atomic mass is 10.0. The predicted octanol–water partition coefficient (Wildman–Crippen LogP) is 0.688. The van der Waals surface area contributed by atoms with Gasteiger partial charge >= 0.3 is 5.97 Å². The van der Waals surface area contributed by atoms with E-state index in [0.717, 1.165) is 28.6 Å². The van der Waals surface area contributed by atoms with Gasteiger partial charge in [-0.1, -0.05) is 0 Å². The average Bonchev–Trinajstić information content (AvgIpc) is 2.98. The van der Waals surface area contributed by atoms with Crippen LogP contribution in [0.25, 0.3) is 0 Å². The lowest BCUT2D eigenvalue weighted by Crippen LogP contribution is -2.46. The second-order valence-electron chi connectivity index (χ2n) is 5.24. The van der Waals surface area contributed by atoms with Crippen molar-refractivity contribution in [2.75, 3.05) is 13.2 Å². The Labute approximate surface area is 121 Å². The number of aliphatic carboxylic acids is 1. The van der Waals surface area contributed by atoms with Crippen LogP contribution in [0.4, 0.5) is 4.39 Å². The Kier molecular flexibility index (Phi) is 3.46. The minimum atomic E-state index is -4.00. The van der Waals surface area contributed by atoms with Gasteiger partial charge in [0, 0.05) is 5.92 Å². The van der Waals surface area contributed by atoms with Gasteiger partial charge in [-0.2, -0.15) is 4.31 Å². The number of carboxylic acid groups (broad SMARTS) is 1. The zero-order chi connectivity index (χ0) is 15.2. The molecule has 2 saturated heterocycles. The van der Waals surface area contributed by atoms with Crippen LogP contribution in [0.2, 0.25) is 0 Å².